The molecule has 2 nitrogen and oxygen atoms in total. The van der Waals surface area contributed by atoms with Gasteiger partial charge in [-0.05, 0) is 45.1 Å². The van der Waals surface area contributed by atoms with E-state index in [4.69, 9.17) is 0 Å². The molecule has 1 unspecified atom stereocenters. The van der Waals surface area contributed by atoms with Gasteiger partial charge in [-0.25, -0.2) is 0 Å². The summed E-state index contributed by atoms with van der Waals surface area (Å²) < 4.78 is 2.44. The van der Waals surface area contributed by atoms with Gasteiger partial charge in [0.25, 0.3) is 0 Å². The van der Waals surface area contributed by atoms with Crippen LogP contribution in [0.3, 0.4) is 0 Å². The van der Waals surface area contributed by atoms with E-state index in [0.717, 1.165) is 31.2 Å². The highest BCUT2D eigenvalue weighted by Crippen LogP contribution is 2.32. The highest BCUT2D eigenvalue weighted by molar-refractivity contribution is 5.98. The number of Topliss-reactive ketones (excluding diaryl/α,β-unsaturated/α-hetero) is 1. The molecule has 90 valence electrons. The SMILES string of the molecule is Cc1cc2c(n1C1CC=CCC1)CCCC2=O. The van der Waals surface area contributed by atoms with Crippen molar-refractivity contribution in [1.29, 1.82) is 0 Å². The Kier molecular flexibility index (Phi) is 2.65. The number of rotatable bonds is 1. The fourth-order valence-electron chi connectivity index (χ4n) is 3.27. The average molecular weight is 229 g/mol. The van der Waals surface area contributed by atoms with Crippen LogP contribution in [-0.2, 0) is 6.42 Å². The number of hydrogen-bond donors (Lipinski definition) is 0. The Labute approximate surface area is 102 Å². The van der Waals surface area contributed by atoms with Gasteiger partial charge in [0.05, 0.1) is 0 Å². The van der Waals surface area contributed by atoms with Crippen LogP contribution in [0.4, 0.5) is 0 Å². The van der Waals surface area contributed by atoms with E-state index in [2.05, 4.69) is 29.7 Å². The Balaban J connectivity index is 2.04. The summed E-state index contributed by atoms with van der Waals surface area (Å²) in [6, 6.07) is 2.68. The fourth-order valence-corrected chi connectivity index (χ4v) is 3.27. The maximum Gasteiger partial charge on any atom is 0.164 e. The molecule has 0 aliphatic heterocycles. The molecule has 3 rings (SSSR count). The van der Waals surface area contributed by atoms with E-state index >= 15 is 0 Å². The third-order valence-electron chi connectivity index (χ3n) is 4.06. The molecule has 0 aromatic carbocycles. The summed E-state index contributed by atoms with van der Waals surface area (Å²) in [6.45, 7) is 2.14. The summed E-state index contributed by atoms with van der Waals surface area (Å²) in [4.78, 5) is 11.9. The van der Waals surface area contributed by atoms with Gasteiger partial charge < -0.3 is 4.57 Å². The first-order valence-corrected chi connectivity index (χ1v) is 6.66. The molecule has 0 bridgehead atoms. The fraction of sp³-hybridized carbons (Fsp3) is 0.533. The number of aromatic nitrogens is 1. The van der Waals surface area contributed by atoms with E-state index in [9.17, 15) is 4.79 Å². The Morgan fingerprint density at radius 3 is 2.94 bits per heavy atom. The Morgan fingerprint density at radius 2 is 2.18 bits per heavy atom. The van der Waals surface area contributed by atoms with Gasteiger partial charge in [0.1, 0.15) is 0 Å². The van der Waals surface area contributed by atoms with Crippen LogP contribution in [0.15, 0.2) is 18.2 Å². The highest BCUT2D eigenvalue weighted by Gasteiger charge is 2.25. The van der Waals surface area contributed by atoms with E-state index in [1.165, 1.54) is 24.2 Å². The van der Waals surface area contributed by atoms with Crippen LogP contribution < -0.4 is 0 Å². The van der Waals surface area contributed by atoms with E-state index in [-0.39, 0.29) is 0 Å². The standard InChI is InChI=1S/C15H19NO/c1-11-10-13-14(8-5-9-15(13)17)16(11)12-6-3-2-4-7-12/h2-3,10,12H,4-9H2,1H3. The summed E-state index contributed by atoms with van der Waals surface area (Å²) in [5.74, 6) is 0.347. The minimum Gasteiger partial charge on any atom is -0.345 e. The van der Waals surface area contributed by atoms with Gasteiger partial charge in [-0.15, -0.1) is 0 Å². The smallest absolute Gasteiger partial charge is 0.164 e. The zero-order valence-corrected chi connectivity index (χ0v) is 10.4. The van der Waals surface area contributed by atoms with Crippen molar-refractivity contribution in [2.45, 2.75) is 51.5 Å². The van der Waals surface area contributed by atoms with E-state index in [0.29, 0.717) is 11.8 Å². The van der Waals surface area contributed by atoms with Crippen molar-refractivity contribution in [2.75, 3.05) is 0 Å². The van der Waals surface area contributed by atoms with Crippen molar-refractivity contribution in [1.82, 2.24) is 4.57 Å². The average Bonchev–Trinajstić information content (AvgIpc) is 2.68. The second-order valence-corrected chi connectivity index (χ2v) is 5.23. The molecule has 17 heavy (non-hydrogen) atoms. The molecule has 1 atom stereocenters. The Bertz CT molecular complexity index is 481. The maximum atomic E-state index is 11.9. The third-order valence-corrected chi connectivity index (χ3v) is 4.06. The summed E-state index contributed by atoms with van der Waals surface area (Å²) in [6.07, 6.45) is 10.9. The van der Waals surface area contributed by atoms with Crippen LogP contribution in [-0.4, -0.2) is 10.4 Å². The molecule has 0 saturated heterocycles. The predicted molar refractivity (Wildman–Crippen MR) is 68.5 cm³/mol. The molecular weight excluding hydrogens is 210 g/mol. The van der Waals surface area contributed by atoms with Crippen LogP contribution in [0.5, 0.6) is 0 Å². The monoisotopic (exact) mass is 229 g/mol. The first kappa shape index (κ1) is 10.8. The summed E-state index contributed by atoms with van der Waals surface area (Å²) in [7, 11) is 0. The Hall–Kier alpha value is -1.31. The summed E-state index contributed by atoms with van der Waals surface area (Å²) >= 11 is 0. The normalized spacial score (nSPS) is 23.8. The van der Waals surface area contributed by atoms with E-state index < -0.39 is 0 Å². The first-order chi connectivity index (χ1) is 8.27. The molecular formula is C15H19NO. The molecule has 0 amide bonds. The highest BCUT2D eigenvalue weighted by atomic mass is 16.1. The summed E-state index contributed by atoms with van der Waals surface area (Å²) in [5, 5.41) is 0. The third kappa shape index (κ3) is 1.76. The number of nitrogens with zero attached hydrogens (tertiary/aromatic N) is 1. The predicted octanol–water partition coefficient (Wildman–Crippen LogP) is 3.60. The lowest BCUT2D eigenvalue weighted by molar-refractivity contribution is 0.0971. The second kappa shape index (κ2) is 4.17. The lowest BCUT2D eigenvalue weighted by atomic mass is 9.95. The zero-order chi connectivity index (χ0) is 11.8. The van der Waals surface area contributed by atoms with Crippen LogP contribution >= 0.6 is 0 Å². The number of carbonyl (C=O) groups excluding carboxylic acids is 1. The second-order valence-electron chi connectivity index (χ2n) is 5.23. The minimum atomic E-state index is 0.347. The van der Waals surface area contributed by atoms with Crippen molar-refractivity contribution in [3.63, 3.8) is 0 Å². The number of allylic oxidation sites excluding steroid dienone is 2. The van der Waals surface area contributed by atoms with Crippen molar-refractivity contribution in [2.24, 2.45) is 0 Å². The topological polar surface area (TPSA) is 22.0 Å². The summed E-state index contributed by atoms with van der Waals surface area (Å²) in [5.41, 5.74) is 3.58. The van der Waals surface area contributed by atoms with Gasteiger partial charge in [-0.2, -0.15) is 0 Å². The quantitative estimate of drug-likeness (QED) is 0.674. The molecule has 2 heteroatoms. The largest absolute Gasteiger partial charge is 0.345 e. The van der Waals surface area contributed by atoms with Crippen LogP contribution in [0.1, 0.15) is 59.9 Å². The lowest BCUT2D eigenvalue weighted by Crippen LogP contribution is -2.18. The first-order valence-electron chi connectivity index (χ1n) is 6.66. The molecule has 1 aromatic heterocycles. The van der Waals surface area contributed by atoms with Crippen LogP contribution in [0.2, 0.25) is 0 Å². The van der Waals surface area contributed by atoms with Crippen molar-refractivity contribution < 1.29 is 4.79 Å². The molecule has 0 saturated carbocycles. The van der Waals surface area contributed by atoms with Gasteiger partial charge in [0.15, 0.2) is 5.78 Å². The number of ketones is 1. The van der Waals surface area contributed by atoms with Crippen molar-refractivity contribution in [3.05, 3.63) is 35.2 Å². The van der Waals surface area contributed by atoms with Crippen LogP contribution in [0, 0.1) is 6.92 Å². The molecule has 2 aliphatic carbocycles. The number of hydrogen-bond acceptors (Lipinski definition) is 1. The number of carbonyl (C=O) groups is 1. The maximum absolute atomic E-state index is 11.9. The lowest BCUT2D eigenvalue weighted by Gasteiger charge is -2.25. The number of fused-ring (bicyclic) bond motifs is 1. The van der Waals surface area contributed by atoms with Crippen LogP contribution in [0.25, 0.3) is 0 Å². The van der Waals surface area contributed by atoms with E-state index in [1.807, 2.05) is 0 Å². The molecule has 0 fully saturated rings. The van der Waals surface area contributed by atoms with Crippen molar-refractivity contribution >= 4 is 5.78 Å². The molecule has 0 spiro atoms. The zero-order valence-electron chi connectivity index (χ0n) is 10.4. The Morgan fingerprint density at radius 1 is 1.29 bits per heavy atom. The van der Waals surface area contributed by atoms with Gasteiger partial charge >= 0.3 is 0 Å². The van der Waals surface area contributed by atoms with Gasteiger partial charge in [-0.3, -0.25) is 4.79 Å². The molecule has 0 N–H and O–H groups in total. The van der Waals surface area contributed by atoms with Gasteiger partial charge in [-0.1, -0.05) is 12.2 Å². The van der Waals surface area contributed by atoms with Crippen molar-refractivity contribution in [3.8, 4) is 0 Å². The molecule has 1 heterocycles. The van der Waals surface area contributed by atoms with Gasteiger partial charge in [0.2, 0.25) is 0 Å². The molecule has 2 aliphatic rings. The van der Waals surface area contributed by atoms with Gasteiger partial charge in [0, 0.05) is 29.4 Å². The van der Waals surface area contributed by atoms with E-state index in [1.54, 1.807) is 0 Å². The molecule has 0 radical (unpaired) electrons. The number of aryl methyl sites for hydroxylation is 1. The minimum absolute atomic E-state index is 0.347. The molecule has 1 aromatic rings.